The third kappa shape index (κ3) is 7.34. The fourth-order valence-corrected chi connectivity index (χ4v) is 2.06. The summed E-state index contributed by atoms with van der Waals surface area (Å²) in [7, 11) is 3.03. The second-order valence-electron chi connectivity index (χ2n) is 5.56. The standard InChI is InChI=1S/C14H28N2O7/c1-8(18)9(15-2)4-5-12(21)16(3)6-10(19)13(22)14(23)11(20)7-17/h9-11,13-15,17,19-20,22-23H,4-7H2,1-3H3/t9-,10-,11+,13+,14+/m0/s1. The average molecular weight is 336 g/mol. The van der Waals surface area contributed by atoms with Crippen molar-refractivity contribution in [2.24, 2.45) is 0 Å². The van der Waals surface area contributed by atoms with Crippen LogP contribution in [0.15, 0.2) is 0 Å². The molecule has 0 fully saturated rings. The lowest BCUT2D eigenvalue weighted by Crippen LogP contribution is -2.50. The minimum absolute atomic E-state index is 0.0756. The number of aliphatic hydroxyl groups is 5. The first-order chi connectivity index (χ1) is 10.6. The molecule has 0 unspecified atom stereocenters. The van der Waals surface area contributed by atoms with Crippen molar-refractivity contribution in [3.63, 3.8) is 0 Å². The van der Waals surface area contributed by atoms with Gasteiger partial charge in [0, 0.05) is 20.0 Å². The summed E-state index contributed by atoms with van der Waals surface area (Å²) in [4.78, 5) is 24.4. The second-order valence-corrected chi connectivity index (χ2v) is 5.56. The SMILES string of the molecule is CN[C@@H](CCC(=O)N(C)C[C@H](O)[C@@H](O)[C@H](O)[C@H](O)CO)C(C)=O. The van der Waals surface area contributed by atoms with Gasteiger partial charge in [-0.3, -0.25) is 9.59 Å². The van der Waals surface area contributed by atoms with Crippen LogP contribution in [0.25, 0.3) is 0 Å². The topological polar surface area (TPSA) is 151 Å². The van der Waals surface area contributed by atoms with Gasteiger partial charge < -0.3 is 35.7 Å². The van der Waals surface area contributed by atoms with Gasteiger partial charge in [-0.1, -0.05) is 0 Å². The highest BCUT2D eigenvalue weighted by molar-refractivity contribution is 5.82. The molecule has 0 saturated heterocycles. The molecular formula is C14H28N2O7. The molecule has 0 rings (SSSR count). The Bertz CT molecular complexity index is 380. The number of aliphatic hydroxyl groups excluding tert-OH is 5. The van der Waals surface area contributed by atoms with Gasteiger partial charge in [-0.05, 0) is 20.4 Å². The Morgan fingerprint density at radius 1 is 1.09 bits per heavy atom. The second kappa shape index (κ2) is 10.6. The molecule has 5 atom stereocenters. The number of hydrogen-bond acceptors (Lipinski definition) is 8. The van der Waals surface area contributed by atoms with Gasteiger partial charge in [0.25, 0.3) is 0 Å². The molecular weight excluding hydrogens is 308 g/mol. The van der Waals surface area contributed by atoms with Gasteiger partial charge in [-0.25, -0.2) is 0 Å². The van der Waals surface area contributed by atoms with Crippen molar-refractivity contribution < 1.29 is 35.1 Å². The lowest BCUT2D eigenvalue weighted by molar-refractivity contribution is -0.138. The van der Waals surface area contributed by atoms with Gasteiger partial charge in [0.05, 0.1) is 12.6 Å². The van der Waals surface area contributed by atoms with Crippen LogP contribution in [-0.4, -0.2) is 99.8 Å². The molecule has 23 heavy (non-hydrogen) atoms. The number of Topliss-reactive ketones (excluding diaryl/α,β-unsaturated/α-hetero) is 1. The Morgan fingerprint density at radius 3 is 2.04 bits per heavy atom. The molecule has 0 aliphatic rings. The molecule has 9 heteroatoms. The molecule has 0 aromatic rings. The molecule has 0 aliphatic heterocycles. The molecule has 6 N–H and O–H groups in total. The van der Waals surface area contributed by atoms with Crippen LogP contribution in [0.5, 0.6) is 0 Å². The van der Waals surface area contributed by atoms with E-state index in [-0.39, 0.29) is 24.7 Å². The Balaban J connectivity index is 4.42. The molecule has 0 heterocycles. The van der Waals surface area contributed by atoms with E-state index in [1.807, 2.05) is 0 Å². The molecule has 1 amide bonds. The van der Waals surface area contributed by atoms with E-state index in [1.165, 1.54) is 18.9 Å². The predicted octanol–water partition coefficient (Wildman–Crippen LogP) is -3.16. The Morgan fingerprint density at radius 2 is 1.61 bits per heavy atom. The van der Waals surface area contributed by atoms with E-state index in [0.717, 1.165) is 0 Å². The third-order valence-corrected chi connectivity index (χ3v) is 3.70. The first-order valence-corrected chi connectivity index (χ1v) is 7.40. The predicted molar refractivity (Wildman–Crippen MR) is 81.5 cm³/mol. The minimum Gasteiger partial charge on any atom is -0.394 e. The Kier molecular flexibility index (Phi) is 10.1. The first kappa shape index (κ1) is 21.9. The zero-order valence-corrected chi connectivity index (χ0v) is 13.7. The van der Waals surface area contributed by atoms with Gasteiger partial charge in [0.1, 0.15) is 30.2 Å². The van der Waals surface area contributed by atoms with E-state index in [0.29, 0.717) is 6.42 Å². The molecule has 0 saturated carbocycles. The number of amides is 1. The molecule has 0 aliphatic carbocycles. The molecule has 0 radical (unpaired) electrons. The summed E-state index contributed by atoms with van der Waals surface area (Å²) in [6, 6.07) is -0.426. The van der Waals surface area contributed by atoms with Crippen LogP contribution in [-0.2, 0) is 9.59 Å². The summed E-state index contributed by atoms with van der Waals surface area (Å²) in [6.45, 7) is 0.388. The lowest BCUT2D eigenvalue weighted by Gasteiger charge is -2.28. The number of ketones is 1. The van der Waals surface area contributed by atoms with Crippen molar-refractivity contribution in [2.45, 2.75) is 50.2 Å². The normalized spacial score (nSPS) is 17.9. The minimum atomic E-state index is -1.73. The van der Waals surface area contributed by atoms with Crippen LogP contribution in [0.3, 0.4) is 0 Å². The van der Waals surface area contributed by atoms with Crippen molar-refractivity contribution in [3.05, 3.63) is 0 Å². The highest BCUT2D eigenvalue weighted by Gasteiger charge is 2.31. The number of hydrogen-bond donors (Lipinski definition) is 6. The van der Waals surface area contributed by atoms with Crippen LogP contribution in [0.1, 0.15) is 19.8 Å². The number of nitrogens with one attached hydrogen (secondary N) is 1. The number of likely N-dealkylation sites (N-methyl/N-ethyl adjacent to an activating group) is 2. The van der Waals surface area contributed by atoms with E-state index in [9.17, 15) is 30.0 Å². The maximum atomic E-state index is 11.9. The molecule has 9 nitrogen and oxygen atoms in total. The zero-order chi connectivity index (χ0) is 18.2. The summed E-state index contributed by atoms with van der Waals surface area (Å²) in [6.07, 6.45) is -6.15. The van der Waals surface area contributed by atoms with Gasteiger partial charge in [-0.2, -0.15) is 0 Å². The third-order valence-electron chi connectivity index (χ3n) is 3.70. The zero-order valence-electron chi connectivity index (χ0n) is 13.7. The Hall–Kier alpha value is -1.10. The monoisotopic (exact) mass is 336 g/mol. The van der Waals surface area contributed by atoms with Crippen molar-refractivity contribution in [2.75, 3.05) is 27.2 Å². The van der Waals surface area contributed by atoms with Crippen LogP contribution in [0, 0.1) is 0 Å². The molecule has 0 spiro atoms. The summed E-state index contributed by atoms with van der Waals surface area (Å²) in [5.41, 5.74) is 0. The molecule has 136 valence electrons. The van der Waals surface area contributed by atoms with Crippen LogP contribution < -0.4 is 5.32 Å². The highest BCUT2D eigenvalue weighted by Crippen LogP contribution is 2.08. The van der Waals surface area contributed by atoms with Gasteiger partial charge in [-0.15, -0.1) is 0 Å². The highest BCUT2D eigenvalue weighted by atomic mass is 16.4. The van der Waals surface area contributed by atoms with Crippen molar-refractivity contribution >= 4 is 11.7 Å². The summed E-state index contributed by atoms with van der Waals surface area (Å²) < 4.78 is 0. The maximum absolute atomic E-state index is 11.9. The van der Waals surface area contributed by atoms with E-state index >= 15 is 0 Å². The number of carbonyl (C=O) groups excluding carboxylic acids is 2. The van der Waals surface area contributed by atoms with Crippen LogP contribution >= 0.6 is 0 Å². The fraction of sp³-hybridized carbons (Fsp3) is 0.857. The molecule has 0 aromatic carbocycles. The average Bonchev–Trinajstić information content (AvgIpc) is 2.52. The van der Waals surface area contributed by atoms with E-state index in [4.69, 9.17) is 5.11 Å². The smallest absolute Gasteiger partial charge is 0.222 e. The van der Waals surface area contributed by atoms with E-state index < -0.39 is 37.1 Å². The molecule has 0 aromatic heterocycles. The van der Waals surface area contributed by atoms with Gasteiger partial charge in [0.15, 0.2) is 0 Å². The van der Waals surface area contributed by atoms with Gasteiger partial charge >= 0.3 is 0 Å². The van der Waals surface area contributed by atoms with E-state index in [2.05, 4.69) is 5.32 Å². The summed E-state index contributed by atoms with van der Waals surface area (Å²) >= 11 is 0. The van der Waals surface area contributed by atoms with Crippen LogP contribution in [0.4, 0.5) is 0 Å². The summed E-state index contributed by atoms with van der Waals surface area (Å²) in [5, 5.41) is 49.7. The van der Waals surface area contributed by atoms with E-state index in [1.54, 1.807) is 7.05 Å². The number of rotatable bonds is 11. The molecule has 0 bridgehead atoms. The fourth-order valence-electron chi connectivity index (χ4n) is 2.06. The van der Waals surface area contributed by atoms with Crippen LogP contribution in [0.2, 0.25) is 0 Å². The summed E-state index contributed by atoms with van der Waals surface area (Å²) in [5.74, 6) is -0.422. The number of nitrogens with zero attached hydrogens (tertiary/aromatic N) is 1. The van der Waals surface area contributed by atoms with Crippen molar-refractivity contribution in [1.29, 1.82) is 0 Å². The first-order valence-electron chi connectivity index (χ1n) is 7.40. The lowest BCUT2D eigenvalue weighted by atomic mass is 10.0. The Labute approximate surface area is 135 Å². The van der Waals surface area contributed by atoms with Crippen molar-refractivity contribution in [1.82, 2.24) is 10.2 Å². The quantitative estimate of drug-likeness (QED) is 0.231. The van der Waals surface area contributed by atoms with Gasteiger partial charge in [0.2, 0.25) is 5.91 Å². The maximum Gasteiger partial charge on any atom is 0.222 e. The van der Waals surface area contributed by atoms with Crippen molar-refractivity contribution in [3.8, 4) is 0 Å². The largest absolute Gasteiger partial charge is 0.394 e. The number of carbonyl (C=O) groups is 2.